The van der Waals surface area contributed by atoms with Crippen molar-refractivity contribution in [3.63, 3.8) is 0 Å². The second-order valence-electron chi connectivity index (χ2n) is 4.76. The van der Waals surface area contributed by atoms with E-state index < -0.39 is 0 Å². The fraction of sp³-hybridized carbons (Fsp3) is 0.500. The number of hydrogen-bond donors (Lipinski definition) is 1. The lowest BCUT2D eigenvalue weighted by atomic mass is 10.1. The van der Waals surface area contributed by atoms with Gasteiger partial charge in [-0.2, -0.15) is 0 Å². The van der Waals surface area contributed by atoms with E-state index in [1.807, 2.05) is 7.05 Å². The molecule has 4 heteroatoms. The van der Waals surface area contributed by atoms with Crippen molar-refractivity contribution in [3.05, 3.63) is 29.1 Å². The molecule has 2 heterocycles. The third-order valence-electron chi connectivity index (χ3n) is 3.57. The summed E-state index contributed by atoms with van der Waals surface area (Å²) in [4.78, 5) is 7.21. The Morgan fingerprint density at radius 3 is 3.00 bits per heavy atom. The molecule has 0 amide bonds. The van der Waals surface area contributed by atoms with E-state index in [4.69, 9.17) is 9.72 Å². The van der Waals surface area contributed by atoms with Crippen LogP contribution in [0.15, 0.2) is 12.1 Å². The van der Waals surface area contributed by atoms with Crippen LogP contribution in [-0.4, -0.2) is 43.2 Å². The molecule has 1 aromatic rings. The monoisotopic (exact) mass is 245 g/mol. The highest BCUT2D eigenvalue weighted by Gasteiger charge is 2.16. The summed E-state index contributed by atoms with van der Waals surface area (Å²) in [6.45, 7) is 4.58. The minimum absolute atomic E-state index is 0.835. The highest BCUT2D eigenvalue weighted by molar-refractivity contribution is 5.64. The quantitative estimate of drug-likeness (QED) is 0.876. The van der Waals surface area contributed by atoms with Crippen LogP contribution in [0.1, 0.15) is 17.0 Å². The molecule has 0 unspecified atom stereocenters. The third-order valence-corrected chi connectivity index (χ3v) is 3.57. The maximum atomic E-state index is 5.38. The molecule has 1 saturated heterocycles. The lowest BCUT2D eigenvalue weighted by molar-refractivity contribution is 0.0337. The number of fused-ring (bicyclic) bond motifs is 1. The van der Waals surface area contributed by atoms with Crippen molar-refractivity contribution in [3.8, 4) is 0 Å². The van der Waals surface area contributed by atoms with Gasteiger partial charge in [0, 0.05) is 33.1 Å². The Bertz CT molecular complexity index is 464. The average Bonchev–Trinajstić information content (AvgIpc) is 2.86. The summed E-state index contributed by atoms with van der Waals surface area (Å²) in [6.07, 6.45) is 5.30. The minimum Gasteiger partial charge on any atom is -0.387 e. The van der Waals surface area contributed by atoms with Crippen molar-refractivity contribution in [2.24, 2.45) is 0 Å². The Morgan fingerprint density at radius 2 is 2.22 bits per heavy atom. The molecule has 1 aliphatic heterocycles. The Balaban J connectivity index is 1.82. The summed E-state index contributed by atoms with van der Waals surface area (Å²) in [5.41, 5.74) is 4.76. The number of anilines is 1. The largest absolute Gasteiger partial charge is 0.387 e. The number of rotatable bonds is 3. The molecule has 0 bridgehead atoms. The van der Waals surface area contributed by atoms with Gasteiger partial charge >= 0.3 is 0 Å². The van der Waals surface area contributed by atoms with Gasteiger partial charge in [0.25, 0.3) is 0 Å². The SMILES string of the molecule is CNc1cc2c(nc1CN1CCOCC1)CC=C2. The first-order valence-electron chi connectivity index (χ1n) is 6.54. The van der Waals surface area contributed by atoms with Gasteiger partial charge in [-0.1, -0.05) is 12.2 Å². The molecular formula is C14H19N3O. The Kier molecular flexibility index (Phi) is 3.30. The zero-order chi connectivity index (χ0) is 12.4. The number of hydrogen-bond acceptors (Lipinski definition) is 4. The molecule has 0 spiro atoms. The molecule has 1 aliphatic carbocycles. The maximum Gasteiger partial charge on any atom is 0.0778 e. The van der Waals surface area contributed by atoms with Crippen molar-refractivity contribution in [2.45, 2.75) is 13.0 Å². The predicted octanol–water partition coefficient (Wildman–Crippen LogP) is 1.52. The molecule has 0 radical (unpaired) electrons. The summed E-state index contributed by atoms with van der Waals surface area (Å²) >= 11 is 0. The summed E-state index contributed by atoms with van der Waals surface area (Å²) < 4.78 is 5.38. The molecule has 1 aromatic heterocycles. The smallest absolute Gasteiger partial charge is 0.0778 e. The average molecular weight is 245 g/mol. The topological polar surface area (TPSA) is 37.4 Å². The van der Waals surface area contributed by atoms with Gasteiger partial charge in [0.15, 0.2) is 0 Å². The first-order valence-corrected chi connectivity index (χ1v) is 6.54. The Morgan fingerprint density at radius 1 is 1.39 bits per heavy atom. The van der Waals surface area contributed by atoms with Gasteiger partial charge in [-0.3, -0.25) is 9.88 Å². The maximum absolute atomic E-state index is 5.38. The highest BCUT2D eigenvalue weighted by atomic mass is 16.5. The van der Waals surface area contributed by atoms with E-state index in [0.29, 0.717) is 0 Å². The normalized spacial score (nSPS) is 18.9. The van der Waals surface area contributed by atoms with Crippen molar-refractivity contribution in [1.29, 1.82) is 0 Å². The van der Waals surface area contributed by atoms with Crippen molar-refractivity contribution < 1.29 is 4.74 Å². The lowest BCUT2D eigenvalue weighted by Gasteiger charge is -2.27. The predicted molar refractivity (Wildman–Crippen MR) is 72.6 cm³/mol. The fourth-order valence-electron chi connectivity index (χ4n) is 2.52. The lowest BCUT2D eigenvalue weighted by Crippen LogP contribution is -2.36. The number of morpholine rings is 1. The molecule has 1 N–H and O–H groups in total. The number of ether oxygens (including phenoxy) is 1. The molecule has 3 rings (SSSR count). The van der Waals surface area contributed by atoms with E-state index >= 15 is 0 Å². The van der Waals surface area contributed by atoms with Crippen LogP contribution in [0.4, 0.5) is 5.69 Å². The Hall–Kier alpha value is -1.39. The minimum atomic E-state index is 0.835. The molecule has 2 aliphatic rings. The van der Waals surface area contributed by atoms with Crippen LogP contribution in [0, 0.1) is 0 Å². The van der Waals surface area contributed by atoms with Crippen molar-refractivity contribution >= 4 is 11.8 Å². The number of nitrogens with one attached hydrogen (secondary N) is 1. The second kappa shape index (κ2) is 5.08. The third kappa shape index (κ3) is 2.26. The van der Waals surface area contributed by atoms with E-state index in [1.54, 1.807) is 0 Å². The molecular weight excluding hydrogens is 226 g/mol. The van der Waals surface area contributed by atoms with Crippen LogP contribution in [0.2, 0.25) is 0 Å². The fourth-order valence-corrected chi connectivity index (χ4v) is 2.52. The Labute approximate surface area is 108 Å². The van der Waals surface area contributed by atoms with Crippen LogP contribution in [-0.2, 0) is 17.7 Å². The van der Waals surface area contributed by atoms with Crippen molar-refractivity contribution in [1.82, 2.24) is 9.88 Å². The van der Waals surface area contributed by atoms with E-state index in [-0.39, 0.29) is 0 Å². The van der Waals surface area contributed by atoms with Crippen LogP contribution in [0.5, 0.6) is 0 Å². The molecule has 1 fully saturated rings. The number of allylic oxidation sites excluding steroid dienone is 1. The van der Waals surface area contributed by atoms with E-state index in [9.17, 15) is 0 Å². The van der Waals surface area contributed by atoms with Gasteiger partial charge in [0.2, 0.25) is 0 Å². The number of nitrogens with zero attached hydrogens (tertiary/aromatic N) is 2. The van der Waals surface area contributed by atoms with E-state index in [1.165, 1.54) is 11.3 Å². The molecule has 96 valence electrons. The van der Waals surface area contributed by atoms with Gasteiger partial charge in [0.05, 0.1) is 30.3 Å². The highest BCUT2D eigenvalue weighted by Crippen LogP contribution is 2.25. The summed E-state index contributed by atoms with van der Waals surface area (Å²) in [7, 11) is 1.96. The summed E-state index contributed by atoms with van der Waals surface area (Å²) in [6, 6.07) is 2.21. The molecule has 0 saturated carbocycles. The number of aromatic nitrogens is 1. The van der Waals surface area contributed by atoms with Gasteiger partial charge in [-0.05, 0) is 11.6 Å². The van der Waals surface area contributed by atoms with E-state index in [0.717, 1.165) is 50.7 Å². The summed E-state index contributed by atoms with van der Waals surface area (Å²) in [5, 5.41) is 3.26. The van der Waals surface area contributed by atoms with Crippen LogP contribution in [0.3, 0.4) is 0 Å². The zero-order valence-corrected chi connectivity index (χ0v) is 10.8. The molecule has 18 heavy (non-hydrogen) atoms. The molecule has 0 atom stereocenters. The zero-order valence-electron chi connectivity index (χ0n) is 10.8. The van der Waals surface area contributed by atoms with Crippen LogP contribution in [0.25, 0.3) is 6.08 Å². The molecule has 0 aromatic carbocycles. The number of pyridine rings is 1. The standard InChI is InChI=1S/C14H19N3O/c1-15-13-9-11-3-2-4-12(11)16-14(13)10-17-5-7-18-8-6-17/h2-3,9,15H,4-8,10H2,1H3. The van der Waals surface area contributed by atoms with Gasteiger partial charge in [0.1, 0.15) is 0 Å². The van der Waals surface area contributed by atoms with Crippen LogP contribution < -0.4 is 5.32 Å². The van der Waals surface area contributed by atoms with Gasteiger partial charge in [-0.15, -0.1) is 0 Å². The second-order valence-corrected chi connectivity index (χ2v) is 4.76. The van der Waals surface area contributed by atoms with Crippen molar-refractivity contribution in [2.75, 3.05) is 38.7 Å². The first-order chi connectivity index (χ1) is 8.86. The van der Waals surface area contributed by atoms with Crippen LogP contribution >= 0.6 is 0 Å². The van der Waals surface area contributed by atoms with Gasteiger partial charge in [-0.25, -0.2) is 0 Å². The molecule has 4 nitrogen and oxygen atoms in total. The van der Waals surface area contributed by atoms with Gasteiger partial charge < -0.3 is 10.1 Å². The van der Waals surface area contributed by atoms with E-state index in [2.05, 4.69) is 28.4 Å². The first kappa shape index (κ1) is 11.7. The summed E-state index contributed by atoms with van der Waals surface area (Å²) in [5.74, 6) is 0.